The van der Waals surface area contributed by atoms with Crippen LogP contribution in [0.3, 0.4) is 0 Å². The highest BCUT2D eigenvalue weighted by Gasteiger charge is 2.19. The smallest absolute Gasteiger partial charge is 0.305 e. The van der Waals surface area contributed by atoms with E-state index < -0.39 is 5.97 Å². The molecule has 0 fully saturated rings. The van der Waals surface area contributed by atoms with Crippen LogP contribution in [0.25, 0.3) is 11.1 Å². The summed E-state index contributed by atoms with van der Waals surface area (Å²) in [4.78, 5) is 11.2. The summed E-state index contributed by atoms with van der Waals surface area (Å²) in [5.41, 5.74) is 9.58. The molecule has 0 radical (unpaired) electrons. The summed E-state index contributed by atoms with van der Waals surface area (Å²) < 4.78 is 0. The molecule has 0 bridgehead atoms. The molecule has 0 saturated carbocycles. The van der Waals surface area contributed by atoms with Crippen LogP contribution in [0.4, 0.5) is 0 Å². The lowest BCUT2D eigenvalue weighted by Crippen LogP contribution is -2.21. The second-order valence-electron chi connectivity index (χ2n) is 6.72. The van der Waals surface area contributed by atoms with Gasteiger partial charge in [0, 0.05) is 6.04 Å². The number of aryl methyl sites for hydroxylation is 4. The number of benzene rings is 2. The third kappa shape index (κ3) is 3.68. The highest BCUT2D eigenvalue weighted by atomic mass is 16.4. The topological polar surface area (TPSA) is 49.3 Å². The number of carbonyl (C=O) groups is 1. The van der Waals surface area contributed by atoms with Crippen LogP contribution in [0.2, 0.25) is 0 Å². The Morgan fingerprint density at radius 2 is 1.58 bits per heavy atom. The van der Waals surface area contributed by atoms with E-state index >= 15 is 0 Å². The molecule has 0 heterocycles. The van der Waals surface area contributed by atoms with Gasteiger partial charge in [-0.15, -0.1) is 0 Å². The number of carboxylic acid groups (broad SMARTS) is 1. The molecule has 3 heteroatoms. The van der Waals surface area contributed by atoms with Gasteiger partial charge in [-0.05, 0) is 86.7 Å². The van der Waals surface area contributed by atoms with Crippen LogP contribution in [0.1, 0.15) is 45.8 Å². The third-order valence-corrected chi connectivity index (χ3v) is 4.78. The van der Waals surface area contributed by atoms with Crippen LogP contribution < -0.4 is 5.32 Å². The molecule has 2 N–H and O–H groups in total. The van der Waals surface area contributed by atoms with E-state index in [1.54, 1.807) is 0 Å². The Morgan fingerprint density at radius 3 is 2.08 bits per heavy atom. The Morgan fingerprint density at radius 1 is 1.00 bits per heavy atom. The van der Waals surface area contributed by atoms with Gasteiger partial charge in [-0.2, -0.15) is 0 Å². The molecule has 0 spiro atoms. The highest BCUT2D eigenvalue weighted by Crippen LogP contribution is 2.33. The zero-order valence-electron chi connectivity index (χ0n) is 15.4. The minimum atomic E-state index is -0.792. The van der Waals surface area contributed by atoms with E-state index in [-0.39, 0.29) is 12.5 Å². The van der Waals surface area contributed by atoms with Crippen LogP contribution in [0.15, 0.2) is 24.3 Å². The van der Waals surface area contributed by atoms with E-state index in [1.807, 2.05) is 7.05 Å². The average molecular weight is 325 g/mol. The molecule has 2 aromatic rings. The normalized spacial score (nSPS) is 12.2. The fourth-order valence-corrected chi connectivity index (χ4v) is 3.57. The summed E-state index contributed by atoms with van der Waals surface area (Å²) in [5.74, 6) is -0.792. The minimum absolute atomic E-state index is 0.0755. The summed E-state index contributed by atoms with van der Waals surface area (Å²) in [6.45, 7) is 10.5. The van der Waals surface area contributed by atoms with E-state index in [0.717, 1.165) is 16.7 Å². The van der Waals surface area contributed by atoms with Crippen LogP contribution in [-0.4, -0.2) is 18.1 Å². The number of rotatable bonds is 5. The van der Waals surface area contributed by atoms with Gasteiger partial charge in [0.05, 0.1) is 6.42 Å². The third-order valence-electron chi connectivity index (χ3n) is 4.78. The first-order valence-electron chi connectivity index (χ1n) is 8.33. The second-order valence-corrected chi connectivity index (χ2v) is 6.72. The van der Waals surface area contributed by atoms with Gasteiger partial charge in [0.1, 0.15) is 0 Å². The Bertz CT molecular complexity index is 755. The zero-order chi connectivity index (χ0) is 18.0. The molecule has 0 amide bonds. The van der Waals surface area contributed by atoms with Crippen molar-refractivity contribution in [3.8, 4) is 11.1 Å². The molecule has 0 aliphatic carbocycles. The Balaban J connectivity index is 2.64. The molecule has 3 nitrogen and oxygen atoms in total. The van der Waals surface area contributed by atoms with Crippen molar-refractivity contribution in [2.75, 3.05) is 7.05 Å². The summed E-state index contributed by atoms with van der Waals surface area (Å²) in [5, 5.41) is 12.4. The maximum Gasteiger partial charge on any atom is 0.305 e. The van der Waals surface area contributed by atoms with Gasteiger partial charge in [-0.25, -0.2) is 0 Å². The molecule has 24 heavy (non-hydrogen) atoms. The maximum absolute atomic E-state index is 11.2. The lowest BCUT2D eigenvalue weighted by Gasteiger charge is -2.21. The fraction of sp³-hybridized carbons (Fsp3) is 0.381. The van der Waals surface area contributed by atoms with Crippen molar-refractivity contribution in [3.05, 3.63) is 57.6 Å². The van der Waals surface area contributed by atoms with E-state index in [9.17, 15) is 9.90 Å². The summed E-state index contributed by atoms with van der Waals surface area (Å²) in [6, 6.07) is 8.56. The van der Waals surface area contributed by atoms with E-state index in [4.69, 9.17) is 0 Å². The first-order chi connectivity index (χ1) is 11.2. The number of hydrogen-bond acceptors (Lipinski definition) is 2. The second kappa shape index (κ2) is 7.18. The van der Waals surface area contributed by atoms with Crippen molar-refractivity contribution in [1.29, 1.82) is 0 Å². The number of aliphatic carboxylic acids is 1. The Kier molecular flexibility index (Phi) is 5.45. The van der Waals surface area contributed by atoms with Crippen molar-refractivity contribution in [3.63, 3.8) is 0 Å². The molecule has 2 aromatic carbocycles. The molecule has 1 unspecified atom stereocenters. The van der Waals surface area contributed by atoms with Gasteiger partial charge in [-0.1, -0.05) is 23.8 Å². The lowest BCUT2D eigenvalue weighted by molar-refractivity contribution is -0.137. The molecular formula is C21H27NO2. The highest BCUT2D eigenvalue weighted by molar-refractivity contribution is 5.74. The van der Waals surface area contributed by atoms with E-state index in [1.165, 1.54) is 27.8 Å². The van der Waals surface area contributed by atoms with Crippen LogP contribution in [-0.2, 0) is 4.79 Å². The monoisotopic (exact) mass is 325 g/mol. The summed E-state index contributed by atoms with van der Waals surface area (Å²) in [6.07, 6.45) is 0.0755. The molecule has 128 valence electrons. The molecule has 0 aromatic heterocycles. The SMILES string of the molecule is CNC(CC(=O)O)c1cc(-c2c(C)cc(C)cc2C)cc(C)c1C. The lowest BCUT2D eigenvalue weighted by atomic mass is 9.87. The van der Waals surface area contributed by atoms with Crippen LogP contribution >= 0.6 is 0 Å². The van der Waals surface area contributed by atoms with Crippen LogP contribution in [0.5, 0.6) is 0 Å². The number of carboxylic acids is 1. The number of hydrogen-bond donors (Lipinski definition) is 2. The molecule has 0 aliphatic heterocycles. The summed E-state index contributed by atoms with van der Waals surface area (Å²) >= 11 is 0. The quantitative estimate of drug-likeness (QED) is 0.842. The van der Waals surface area contributed by atoms with Gasteiger partial charge in [0.15, 0.2) is 0 Å². The van der Waals surface area contributed by atoms with Crippen molar-refractivity contribution >= 4 is 5.97 Å². The van der Waals surface area contributed by atoms with Crippen molar-refractivity contribution in [2.24, 2.45) is 0 Å². The maximum atomic E-state index is 11.2. The van der Waals surface area contributed by atoms with Gasteiger partial charge in [0.25, 0.3) is 0 Å². The molecular weight excluding hydrogens is 298 g/mol. The molecule has 2 rings (SSSR count). The molecule has 0 saturated heterocycles. The minimum Gasteiger partial charge on any atom is -0.481 e. The first-order valence-corrected chi connectivity index (χ1v) is 8.33. The fourth-order valence-electron chi connectivity index (χ4n) is 3.57. The first kappa shape index (κ1) is 18.2. The molecule has 1 atom stereocenters. The Labute approximate surface area is 144 Å². The standard InChI is InChI=1S/C21H27NO2/c1-12-7-14(3)21(15(4)8-12)17-9-13(2)16(5)18(10-17)19(22-6)11-20(23)24/h7-10,19,22H,11H2,1-6H3,(H,23,24). The molecule has 0 aliphatic rings. The van der Waals surface area contributed by atoms with Crippen molar-refractivity contribution in [1.82, 2.24) is 5.32 Å². The van der Waals surface area contributed by atoms with Crippen molar-refractivity contribution in [2.45, 2.75) is 47.1 Å². The zero-order valence-corrected chi connectivity index (χ0v) is 15.4. The van der Waals surface area contributed by atoms with Crippen LogP contribution in [0, 0.1) is 34.6 Å². The van der Waals surface area contributed by atoms with Crippen molar-refractivity contribution < 1.29 is 9.90 Å². The number of nitrogens with one attached hydrogen (secondary N) is 1. The predicted octanol–water partition coefficient (Wildman–Crippen LogP) is 4.63. The van der Waals surface area contributed by atoms with E-state index in [2.05, 4.69) is 64.2 Å². The van der Waals surface area contributed by atoms with Gasteiger partial charge in [-0.3, -0.25) is 4.79 Å². The van der Waals surface area contributed by atoms with Gasteiger partial charge >= 0.3 is 5.97 Å². The average Bonchev–Trinajstić information content (AvgIpc) is 2.47. The summed E-state index contributed by atoms with van der Waals surface area (Å²) in [7, 11) is 1.82. The Hall–Kier alpha value is -2.13. The predicted molar refractivity (Wildman–Crippen MR) is 99.6 cm³/mol. The largest absolute Gasteiger partial charge is 0.481 e. The van der Waals surface area contributed by atoms with E-state index in [0.29, 0.717) is 0 Å². The van der Waals surface area contributed by atoms with Gasteiger partial charge < -0.3 is 10.4 Å². The van der Waals surface area contributed by atoms with Gasteiger partial charge in [0.2, 0.25) is 0 Å².